The third kappa shape index (κ3) is 10.8. The molecular formula is C44H82N10O8Si4. The molecule has 6 N–H and O–H groups in total. The molecule has 2 fully saturated rings. The van der Waals surface area contributed by atoms with E-state index in [1.54, 1.807) is 12.7 Å². The van der Waals surface area contributed by atoms with E-state index >= 15 is 0 Å². The number of hydrogen-bond donors (Lipinski definition) is 4. The fourth-order valence-electron chi connectivity index (χ4n) is 6.87. The highest BCUT2D eigenvalue weighted by Gasteiger charge is 2.56. The molecule has 0 unspecified atom stereocenters. The van der Waals surface area contributed by atoms with Crippen LogP contribution >= 0.6 is 0 Å². The van der Waals surface area contributed by atoms with E-state index < -0.39 is 82.3 Å². The standard InChI is InChI=1S/2C22H41N5O4Si2/c2*1-21(2,3)32(7,8)30-16-14(11-28)29-20(17(16)31-33(9,10)22(4,5)6)27-13-26-15-18(23)24-12-25-19(15)27/h2*12-14,16-17,20,28H,11H2,1-10H3,(H2,23,24,25)/t2*14-,16-,17-,20-/m11/s1. The number of aliphatic hydroxyl groups is 2. The van der Waals surface area contributed by atoms with Crippen LogP contribution in [0.5, 0.6) is 0 Å². The Kier molecular flexibility index (Phi) is 15.5. The summed E-state index contributed by atoms with van der Waals surface area (Å²) in [5.41, 5.74) is 14.2. The number of nitrogen functional groups attached to an aromatic ring is 2. The number of anilines is 2. The Bertz CT molecular complexity index is 2120. The van der Waals surface area contributed by atoms with Gasteiger partial charge in [-0.25, -0.2) is 29.9 Å². The highest BCUT2D eigenvalue weighted by molar-refractivity contribution is 6.75. The molecule has 0 radical (unpaired) electrons. The summed E-state index contributed by atoms with van der Waals surface area (Å²) in [7, 11) is -8.84. The average Bonchev–Trinajstić information content (AvgIpc) is 3.94. The minimum Gasteiger partial charge on any atom is -0.408 e. The van der Waals surface area contributed by atoms with Crippen molar-refractivity contribution in [2.75, 3.05) is 24.7 Å². The van der Waals surface area contributed by atoms with Crippen molar-refractivity contribution in [3.05, 3.63) is 25.3 Å². The molecule has 0 saturated carbocycles. The van der Waals surface area contributed by atoms with E-state index in [0.717, 1.165) is 0 Å². The van der Waals surface area contributed by atoms with Crippen molar-refractivity contribution in [1.29, 1.82) is 0 Å². The van der Waals surface area contributed by atoms with E-state index in [9.17, 15) is 10.2 Å². The molecule has 0 aliphatic carbocycles. The highest BCUT2D eigenvalue weighted by atomic mass is 28.4. The lowest BCUT2D eigenvalue weighted by molar-refractivity contribution is -0.0491. The molecule has 2 aliphatic heterocycles. The van der Waals surface area contributed by atoms with Crippen LogP contribution in [-0.4, -0.2) is 132 Å². The van der Waals surface area contributed by atoms with Crippen molar-refractivity contribution in [1.82, 2.24) is 39.0 Å². The molecule has 18 nitrogen and oxygen atoms in total. The number of aromatic nitrogens is 8. The van der Waals surface area contributed by atoms with Crippen molar-refractivity contribution in [3.63, 3.8) is 0 Å². The summed E-state index contributed by atoms with van der Waals surface area (Å²) < 4.78 is 44.1. The summed E-state index contributed by atoms with van der Waals surface area (Å²) in [6, 6.07) is 0. The Morgan fingerprint density at radius 1 is 0.485 bits per heavy atom. The van der Waals surface area contributed by atoms with E-state index in [1.165, 1.54) is 12.7 Å². The lowest BCUT2D eigenvalue weighted by atomic mass is 10.1. The van der Waals surface area contributed by atoms with E-state index in [0.29, 0.717) is 34.0 Å². The molecule has 2 saturated heterocycles. The van der Waals surface area contributed by atoms with Crippen LogP contribution in [0.4, 0.5) is 11.6 Å². The van der Waals surface area contributed by atoms with Crippen molar-refractivity contribution < 1.29 is 37.4 Å². The van der Waals surface area contributed by atoms with Crippen LogP contribution in [0.15, 0.2) is 25.3 Å². The van der Waals surface area contributed by atoms with Gasteiger partial charge in [-0.15, -0.1) is 0 Å². The van der Waals surface area contributed by atoms with Gasteiger partial charge in [-0.2, -0.15) is 0 Å². The van der Waals surface area contributed by atoms with Crippen LogP contribution < -0.4 is 11.5 Å². The molecule has 0 spiro atoms. The fraction of sp³-hybridized carbons (Fsp3) is 0.773. The van der Waals surface area contributed by atoms with Gasteiger partial charge in [-0.3, -0.25) is 9.13 Å². The smallest absolute Gasteiger partial charge is 0.192 e. The average molecular weight is 992 g/mol. The van der Waals surface area contributed by atoms with Gasteiger partial charge in [0, 0.05) is 0 Å². The second-order valence-electron chi connectivity index (χ2n) is 24.0. The molecule has 6 rings (SSSR count). The van der Waals surface area contributed by atoms with Gasteiger partial charge in [0.05, 0.1) is 25.9 Å². The summed E-state index contributed by atoms with van der Waals surface area (Å²) in [5, 5.41) is 20.5. The van der Waals surface area contributed by atoms with Crippen LogP contribution in [0.3, 0.4) is 0 Å². The number of nitrogens with zero attached hydrogens (tertiary/aromatic N) is 8. The Balaban J connectivity index is 0.000000247. The number of fused-ring (bicyclic) bond motifs is 2. The van der Waals surface area contributed by atoms with Gasteiger partial charge < -0.3 is 48.9 Å². The van der Waals surface area contributed by atoms with Crippen LogP contribution in [0.2, 0.25) is 72.5 Å². The van der Waals surface area contributed by atoms with Crippen LogP contribution in [0, 0.1) is 0 Å². The normalized spacial score (nSPS) is 25.2. The van der Waals surface area contributed by atoms with Gasteiger partial charge in [-0.1, -0.05) is 83.1 Å². The van der Waals surface area contributed by atoms with E-state index in [-0.39, 0.29) is 33.4 Å². The summed E-state index contributed by atoms with van der Waals surface area (Å²) in [5.74, 6) is 0.623. The quantitative estimate of drug-likeness (QED) is 0.0980. The molecular weight excluding hydrogens is 909 g/mol. The van der Waals surface area contributed by atoms with Gasteiger partial charge >= 0.3 is 0 Å². The third-order valence-corrected chi connectivity index (χ3v) is 33.1. The molecule has 372 valence electrons. The lowest BCUT2D eigenvalue weighted by Gasteiger charge is -2.44. The summed E-state index contributed by atoms with van der Waals surface area (Å²) in [6.45, 7) is 43.8. The van der Waals surface area contributed by atoms with Crippen LogP contribution in [-0.2, 0) is 27.2 Å². The maximum absolute atomic E-state index is 10.3. The van der Waals surface area contributed by atoms with Crippen LogP contribution in [0.1, 0.15) is 95.5 Å². The van der Waals surface area contributed by atoms with Crippen molar-refractivity contribution in [2.24, 2.45) is 0 Å². The molecule has 66 heavy (non-hydrogen) atoms. The zero-order valence-corrected chi connectivity index (χ0v) is 47.4. The Labute approximate surface area is 396 Å². The SMILES string of the molecule is CC(C)(C)[Si](C)(C)O[C@@H]1[C@H](O[Si](C)(C)C(C)(C)C)[C@@H](CO)O[C@H]1n1cnc2c(N)ncnc21.CC(C)(C)[Si](C)(C)O[C@@H]1[C@H](O[Si](C)(C)C(C)(C)C)[C@@H](CO)O[C@H]1n1cnc2c(N)ncnc21. The van der Waals surface area contributed by atoms with E-state index in [4.69, 9.17) is 38.6 Å². The molecule has 6 heterocycles. The molecule has 4 aromatic rings. The fourth-order valence-corrected chi connectivity index (χ4v) is 12.1. The minimum atomic E-state index is -2.23. The van der Waals surface area contributed by atoms with E-state index in [2.05, 4.69) is 165 Å². The first-order chi connectivity index (χ1) is 30.0. The maximum Gasteiger partial charge on any atom is 0.192 e. The maximum atomic E-state index is 10.3. The van der Waals surface area contributed by atoms with E-state index in [1.807, 2.05) is 9.13 Å². The Morgan fingerprint density at radius 2 is 0.758 bits per heavy atom. The highest BCUT2D eigenvalue weighted by Crippen LogP contribution is 2.48. The van der Waals surface area contributed by atoms with Crippen molar-refractivity contribution in [3.8, 4) is 0 Å². The van der Waals surface area contributed by atoms with Gasteiger partial charge in [0.1, 0.15) is 60.3 Å². The molecule has 8 atom stereocenters. The topological polar surface area (TPSA) is 235 Å². The molecule has 4 aromatic heterocycles. The van der Waals surface area contributed by atoms with Crippen LogP contribution in [0.25, 0.3) is 22.3 Å². The zero-order chi connectivity index (χ0) is 50.0. The Morgan fingerprint density at radius 3 is 1.02 bits per heavy atom. The number of nitrogens with two attached hydrogens (primary N) is 2. The van der Waals surface area contributed by atoms with Gasteiger partial charge in [0.25, 0.3) is 0 Å². The summed E-state index contributed by atoms with van der Waals surface area (Å²) >= 11 is 0. The predicted octanol–water partition coefficient (Wildman–Crippen LogP) is 8.16. The second kappa shape index (κ2) is 18.9. The summed E-state index contributed by atoms with van der Waals surface area (Å²) in [4.78, 5) is 25.8. The lowest BCUT2D eigenvalue weighted by Crippen LogP contribution is -2.53. The van der Waals surface area contributed by atoms with Crippen molar-refractivity contribution in [2.45, 2.75) is 205 Å². The first kappa shape index (κ1) is 54.2. The van der Waals surface area contributed by atoms with Gasteiger partial charge in [0.15, 0.2) is 68.7 Å². The molecule has 0 bridgehead atoms. The van der Waals surface area contributed by atoms with Gasteiger partial charge in [0.2, 0.25) is 0 Å². The predicted molar refractivity (Wildman–Crippen MR) is 270 cm³/mol. The Hall–Kier alpha value is -2.75. The number of ether oxygens (including phenoxy) is 2. The largest absolute Gasteiger partial charge is 0.408 e. The second-order valence-corrected chi connectivity index (χ2v) is 43.1. The number of hydrogen-bond acceptors (Lipinski definition) is 16. The van der Waals surface area contributed by atoms with Gasteiger partial charge in [-0.05, 0) is 72.5 Å². The monoisotopic (exact) mass is 991 g/mol. The number of rotatable bonds is 12. The van der Waals surface area contributed by atoms with Crippen molar-refractivity contribution >= 4 is 67.2 Å². The molecule has 2 aliphatic rings. The first-order valence-electron chi connectivity index (χ1n) is 23.1. The number of imidazole rings is 2. The molecule has 0 amide bonds. The first-order valence-corrected chi connectivity index (χ1v) is 34.7. The summed E-state index contributed by atoms with van der Waals surface area (Å²) in [6.07, 6.45) is 2.23. The molecule has 22 heteroatoms. The zero-order valence-electron chi connectivity index (χ0n) is 43.4. The molecule has 0 aromatic carbocycles. The minimum absolute atomic E-state index is 0.00397. The third-order valence-electron chi connectivity index (χ3n) is 15.2. The number of aliphatic hydroxyl groups excluding tert-OH is 2.